The predicted octanol–water partition coefficient (Wildman–Crippen LogP) is 4.81. The molecule has 0 aromatic carbocycles. The topological polar surface area (TPSA) is 52.6 Å². The van der Waals surface area contributed by atoms with E-state index in [0.29, 0.717) is 17.8 Å². The smallest absolute Gasteiger partial charge is 0.302 e. The van der Waals surface area contributed by atoms with E-state index >= 15 is 0 Å². The zero-order chi connectivity index (χ0) is 19.4. The minimum Gasteiger partial charge on any atom is -0.462 e. The van der Waals surface area contributed by atoms with Crippen molar-refractivity contribution in [3.05, 3.63) is 11.6 Å². The van der Waals surface area contributed by atoms with Crippen molar-refractivity contribution in [1.82, 2.24) is 0 Å². The van der Waals surface area contributed by atoms with Gasteiger partial charge in [-0.3, -0.25) is 9.59 Å². The van der Waals surface area contributed by atoms with Gasteiger partial charge in [-0.2, -0.15) is 0 Å². The molecule has 0 heterocycles. The fourth-order valence-corrected chi connectivity index (χ4v) is 7.31. The largest absolute Gasteiger partial charge is 0.462 e. The molecule has 4 aliphatic rings. The van der Waals surface area contributed by atoms with Crippen molar-refractivity contribution in [3.8, 4) is 0 Å². The summed E-state index contributed by atoms with van der Waals surface area (Å²) in [5.41, 5.74) is 1.92. The number of allylic oxidation sites excluding steroid dienone is 1. The molecule has 27 heavy (non-hydrogen) atoms. The van der Waals surface area contributed by atoms with Gasteiger partial charge in [0.1, 0.15) is 12.2 Å². The zero-order valence-electron chi connectivity index (χ0n) is 17.3. The molecule has 0 amide bonds. The van der Waals surface area contributed by atoms with Crippen LogP contribution in [0.2, 0.25) is 0 Å². The third-order valence-electron chi connectivity index (χ3n) is 8.61. The Morgan fingerprint density at radius 1 is 0.963 bits per heavy atom. The van der Waals surface area contributed by atoms with E-state index in [2.05, 4.69) is 19.9 Å². The second-order valence-corrected chi connectivity index (χ2v) is 9.95. The molecule has 150 valence electrons. The van der Waals surface area contributed by atoms with Crippen molar-refractivity contribution in [2.75, 3.05) is 0 Å². The molecule has 0 unspecified atom stereocenters. The first-order valence-electron chi connectivity index (χ1n) is 10.8. The molecule has 0 radical (unpaired) electrons. The van der Waals surface area contributed by atoms with Gasteiger partial charge in [0.25, 0.3) is 0 Å². The van der Waals surface area contributed by atoms with E-state index in [-0.39, 0.29) is 35.0 Å². The summed E-state index contributed by atoms with van der Waals surface area (Å²) in [6.07, 6.45) is 11.4. The lowest BCUT2D eigenvalue weighted by Gasteiger charge is -2.57. The van der Waals surface area contributed by atoms with Gasteiger partial charge in [-0.25, -0.2) is 0 Å². The third kappa shape index (κ3) is 3.03. The molecule has 0 bridgehead atoms. The second-order valence-electron chi connectivity index (χ2n) is 9.95. The first kappa shape index (κ1) is 19.0. The molecule has 4 rings (SSSR count). The first-order valence-corrected chi connectivity index (χ1v) is 10.8. The molecule has 0 N–H and O–H groups in total. The number of carbonyl (C=O) groups excluding carboxylic acids is 2. The van der Waals surface area contributed by atoms with Crippen molar-refractivity contribution in [3.63, 3.8) is 0 Å². The highest BCUT2D eigenvalue weighted by Crippen LogP contribution is 2.65. The molecule has 0 aromatic heterocycles. The standard InChI is InChI=1S/C23H34O4/c1-14(24)26-17-9-11-22(3)16(13-17)5-6-18-19-7-8-21(27-15(2)25)23(19,4)12-10-20(18)22/h5,17-21H,6-13H2,1-4H3/t17-,18+,19-,20-,21+,22-,23+/m1/s1. The highest BCUT2D eigenvalue weighted by atomic mass is 16.5. The quantitative estimate of drug-likeness (QED) is 0.514. The average Bonchev–Trinajstić information content (AvgIpc) is 2.91. The Bertz CT molecular complexity index is 667. The molecule has 0 aliphatic heterocycles. The highest BCUT2D eigenvalue weighted by Gasteiger charge is 2.59. The van der Waals surface area contributed by atoms with E-state index in [4.69, 9.17) is 9.47 Å². The van der Waals surface area contributed by atoms with Crippen LogP contribution in [0.3, 0.4) is 0 Å². The fraction of sp³-hybridized carbons (Fsp3) is 0.826. The van der Waals surface area contributed by atoms with Crippen LogP contribution < -0.4 is 0 Å². The summed E-state index contributed by atoms with van der Waals surface area (Å²) in [6, 6.07) is 0. The van der Waals surface area contributed by atoms with Crippen LogP contribution in [0.4, 0.5) is 0 Å². The summed E-state index contributed by atoms with van der Waals surface area (Å²) >= 11 is 0. The number of fused-ring (bicyclic) bond motifs is 5. The van der Waals surface area contributed by atoms with Gasteiger partial charge in [0.2, 0.25) is 0 Å². The Balaban J connectivity index is 1.55. The Hall–Kier alpha value is -1.32. The van der Waals surface area contributed by atoms with Crippen molar-refractivity contribution in [2.45, 2.75) is 91.3 Å². The number of carbonyl (C=O) groups is 2. The Morgan fingerprint density at radius 2 is 1.70 bits per heavy atom. The predicted molar refractivity (Wildman–Crippen MR) is 103 cm³/mol. The molecule has 0 spiro atoms. The maximum Gasteiger partial charge on any atom is 0.302 e. The lowest BCUT2D eigenvalue weighted by molar-refractivity contribution is -0.157. The van der Waals surface area contributed by atoms with Crippen molar-refractivity contribution < 1.29 is 19.1 Å². The van der Waals surface area contributed by atoms with E-state index in [0.717, 1.165) is 38.5 Å². The van der Waals surface area contributed by atoms with Crippen LogP contribution in [0.5, 0.6) is 0 Å². The number of rotatable bonds is 2. The van der Waals surface area contributed by atoms with E-state index in [1.165, 1.54) is 25.3 Å². The van der Waals surface area contributed by atoms with E-state index in [9.17, 15) is 9.59 Å². The number of esters is 2. The van der Waals surface area contributed by atoms with Gasteiger partial charge in [-0.05, 0) is 68.1 Å². The Kier molecular flexibility index (Phi) is 4.67. The summed E-state index contributed by atoms with van der Waals surface area (Å²) < 4.78 is 11.3. The van der Waals surface area contributed by atoms with Crippen LogP contribution in [0.1, 0.15) is 79.1 Å². The van der Waals surface area contributed by atoms with Crippen molar-refractivity contribution in [1.29, 1.82) is 0 Å². The number of hydrogen-bond acceptors (Lipinski definition) is 4. The maximum atomic E-state index is 11.6. The zero-order valence-corrected chi connectivity index (χ0v) is 17.3. The van der Waals surface area contributed by atoms with Crippen LogP contribution in [-0.4, -0.2) is 24.1 Å². The molecular weight excluding hydrogens is 340 g/mol. The fourth-order valence-electron chi connectivity index (χ4n) is 7.31. The summed E-state index contributed by atoms with van der Waals surface area (Å²) in [5, 5.41) is 0. The van der Waals surface area contributed by atoms with Gasteiger partial charge >= 0.3 is 11.9 Å². The number of ether oxygens (including phenoxy) is 2. The molecule has 0 saturated heterocycles. The number of hydrogen-bond donors (Lipinski definition) is 0. The minimum absolute atomic E-state index is 0.0621. The Labute approximate surface area is 163 Å². The minimum atomic E-state index is -0.159. The first-order chi connectivity index (χ1) is 12.7. The van der Waals surface area contributed by atoms with E-state index in [1.807, 2.05) is 0 Å². The summed E-state index contributed by atoms with van der Waals surface area (Å²) in [4.78, 5) is 22.9. The van der Waals surface area contributed by atoms with Gasteiger partial charge < -0.3 is 9.47 Å². The second kappa shape index (κ2) is 6.63. The van der Waals surface area contributed by atoms with Crippen LogP contribution in [0.25, 0.3) is 0 Å². The van der Waals surface area contributed by atoms with Crippen LogP contribution in [-0.2, 0) is 19.1 Å². The molecule has 3 fully saturated rings. The molecule has 0 aromatic rings. The lowest BCUT2D eigenvalue weighted by atomic mass is 9.48. The van der Waals surface area contributed by atoms with Gasteiger partial charge in [0.15, 0.2) is 0 Å². The van der Waals surface area contributed by atoms with Gasteiger partial charge in [0.05, 0.1) is 0 Å². The van der Waals surface area contributed by atoms with Crippen molar-refractivity contribution in [2.24, 2.45) is 28.6 Å². The van der Waals surface area contributed by atoms with Crippen LogP contribution in [0.15, 0.2) is 11.6 Å². The van der Waals surface area contributed by atoms with Crippen LogP contribution >= 0.6 is 0 Å². The summed E-state index contributed by atoms with van der Waals surface area (Å²) in [5.74, 6) is 1.77. The molecule has 4 nitrogen and oxygen atoms in total. The van der Waals surface area contributed by atoms with Gasteiger partial charge in [-0.1, -0.05) is 25.5 Å². The van der Waals surface area contributed by atoms with Crippen LogP contribution in [0, 0.1) is 28.6 Å². The Morgan fingerprint density at radius 3 is 2.41 bits per heavy atom. The molecule has 4 heteroatoms. The highest BCUT2D eigenvalue weighted by molar-refractivity contribution is 5.66. The summed E-state index contributed by atoms with van der Waals surface area (Å²) in [7, 11) is 0. The average molecular weight is 375 g/mol. The molecule has 3 saturated carbocycles. The SMILES string of the molecule is CC(=O)O[C@@H]1CC[C@]2(C)C(=CC[C@H]3[C@H]4CC[C@H](OC(C)=O)[C@@]4(C)CC[C@H]32)C1. The van der Waals surface area contributed by atoms with E-state index in [1.54, 1.807) is 6.92 Å². The normalized spacial score (nSPS) is 45.8. The maximum absolute atomic E-state index is 11.6. The van der Waals surface area contributed by atoms with Crippen molar-refractivity contribution >= 4 is 11.9 Å². The third-order valence-corrected chi connectivity index (χ3v) is 8.61. The molecule has 7 atom stereocenters. The van der Waals surface area contributed by atoms with Gasteiger partial charge in [0, 0.05) is 25.7 Å². The van der Waals surface area contributed by atoms with Gasteiger partial charge in [-0.15, -0.1) is 0 Å². The molecule has 4 aliphatic carbocycles. The summed E-state index contributed by atoms with van der Waals surface area (Å²) in [6.45, 7) is 7.88. The molecular formula is C23H34O4. The monoisotopic (exact) mass is 374 g/mol. The van der Waals surface area contributed by atoms with E-state index < -0.39 is 0 Å². The lowest BCUT2D eigenvalue weighted by Crippen LogP contribution is -2.51.